The summed E-state index contributed by atoms with van der Waals surface area (Å²) in [6, 6.07) is 2.87. The molecule has 0 saturated carbocycles. The van der Waals surface area contributed by atoms with E-state index in [1.165, 1.54) is 35.8 Å². The monoisotopic (exact) mass is 358 g/mol. The fourth-order valence-corrected chi connectivity index (χ4v) is 3.95. The van der Waals surface area contributed by atoms with E-state index in [1.54, 1.807) is 0 Å². The number of fused-ring (bicyclic) bond motifs is 1. The summed E-state index contributed by atoms with van der Waals surface area (Å²) in [6.07, 6.45) is 5.48. The van der Waals surface area contributed by atoms with Crippen molar-refractivity contribution < 1.29 is 15.0 Å². The second-order valence-corrected chi connectivity index (χ2v) is 7.01. The van der Waals surface area contributed by atoms with Crippen molar-refractivity contribution in [2.45, 2.75) is 31.4 Å². The lowest BCUT2D eigenvalue weighted by molar-refractivity contribution is 0.0702. The molecule has 2 aliphatic heterocycles. The number of hydrogen-bond donors (Lipinski definition) is 2. The standard InChI is InChI=1S/C18H22N4O4/c23-14-5-4-8-22-16(14)19-9-12(18(22)26)17(25)21-10-13(15(24)11-21)20-6-2-1-3-7-20/h4-5,8-9,13,15,23-24H,1-3,6-7,10-11H2. The number of β-amino-alcohol motifs (C(OH)–C–C–N with tert-alkyl or cyclic N) is 1. The minimum Gasteiger partial charge on any atom is -0.504 e. The number of aliphatic hydroxyl groups excluding tert-OH is 1. The molecule has 2 N–H and O–H groups in total. The number of likely N-dealkylation sites (tertiary alicyclic amines) is 2. The Hall–Kier alpha value is -2.45. The highest BCUT2D eigenvalue weighted by Gasteiger charge is 2.38. The Morgan fingerprint density at radius 2 is 1.96 bits per heavy atom. The number of nitrogens with zero attached hydrogens (tertiary/aromatic N) is 4. The van der Waals surface area contributed by atoms with E-state index in [2.05, 4.69) is 9.88 Å². The summed E-state index contributed by atoms with van der Waals surface area (Å²) in [4.78, 5) is 33.3. The first kappa shape index (κ1) is 17.0. The Morgan fingerprint density at radius 3 is 2.73 bits per heavy atom. The number of amides is 1. The van der Waals surface area contributed by atoms with Gasteiger partial charge in [0.15, 0.2) is 11.4 Å². The molecule has 2 aliphatic rings. The number of carbonyl (C=O) groups is 1. The molecule has 2 aromatic heterocycles. The van der Waals surface area contributed by atoms with Crippen LogP contribution in [0.5, 0.6) is 5.75 Å². The van der Waals surface area contributed by atoms with Crippen LogP contribution in [0.15, 0.2) is 29.3 Å². The van der Waals surface area contributed by atoms with Crippen LogP contribution >= 0.6 is 0 Å². The molecule has 0 bridgehead atoms. The van der Waals surface area contributed by atoms with E-state index in [0.29, 0.717) is 6.54 Å². The van der Waals surface area contributed by atoms with E-state index in [0.717, 1.165) is 30.3 Å². The first-order chi connectivity index (χ1) is 12.6. The van der Waals surface area contributed by atoms with Gasteiger partial charge in [0.2, 0.25) is 0 Å². The van der Waals surface area contributed by atoms with Crippen LogP contribution in [0.25, 0.3) is 5.65 Å². The van der Waals surface area contributed by atoms with Crippen LogP contribution < -0.4 is 5.56 Å². The Labute approximate surface area is 150 Å². The number of aromatic hydroxyl groups is 1. The van der Waals surface area contributed by atoms with Crippen molar-refractivity contribution in [3.63, 3.8) is 0 Å². The minimum atomic E-state index is -0.614. The summed E-state index contributed by atoms with van der Waals surface area (Å²) in [7, 11) is 0. The minimum absolute atomic E-state index is 0.0559. The molecule has 2 unspecified atom stereocenters. The first-order valence-electron chi connectivity index (χ1n) is 8.97. The predicted octanol–water partition coefficient (Wildman–Crippen LogP) is 0.0713. The molecule has 1 amide bonds. The average Bonchev–Trinajstić information content (AvgIpc) is 3.05. The fraction of sp³-hybridized carbons (Fsp3) is 0.500. The third-order valence-electron chi connectivity index (χ3n) is 5.35. The zero-order valence-corrected chi connectivity index (χ0v) is 14.4. The highest BCUT2D eigenvalue weighted by atomic mass is 16.3. The summed E-state index contributed by atoms with van der Waals surface area (Å²) in [5.41, 5.74) is -0.465. The molecule has 0 radical (unpaired) electrons. The maximum Gasteiger partial charge on any atom is 0.270 e. The summed E-state index contributed by atoms with van der Waals surface area (Å²) >= 11 is 0. The van der Waals surface area contributed by atoms with Crippen molar-refractivity contribution in [3.05, 3.63) is 40.4 Å². The van der Waals surface area contributed by atoms with E-state index >= 15 is 0 Å². The van der Waals surface area contributed by atoms with Crippen molar-refractivity contribution in [3.8, 4) is 5.75 Å². The number of carbonyl (C=O) groups excluding carboxylic acids is 1. The maximum atomic E-state index is 12.9. The topological polar surface area (TPSA) is 98.4 Å². The SMILES string of the molecule is O=C(c1cnc2c(O)cccn2c1=O)N1CC(O)C(N2CCCCC2)C1. The summed E-state index contributed by atoms with van der Waals surface area (Å²) in [6.45, 7) is 2.48. The average molecular weight is 358 g/mol. The molecule has 0 aliphatic carbocycles. The normalized spacial score (nSPS) is 24.3. The Bertz CT molecular complexity index is 890. The van der Waals surface area contributed by atoms with Crippen molar-refractivity contribution in [1.82, 2.24) is 19.2 Å². The quantitative estimate of drug-likeness (QED) is 0.788. The van der Waals surface area contributed by atoms with Crippen molar-refractivity contribution in [1.29, 1.82) is 0 Å². The zero-order valence-electron chi connectivity index (χ0n) is 14.4. The highest BCUT2D eigenvalue weighted by Crippen LogP contribution is 2.22. The molecule has 138 valence electrons. The van der Waals surface area contributed by atoms with E-state index in [1.807, 2.05) is 0 Å². The Kier molecular flexibility index (Phi) is 4.37. The largest absolute Gasteiger partial charge is 0.504 e. The van der Waals surface area contributed by atoms with Crippen molar-refractivity contribution in [2.24, 2.45) is 0 Å². The number of rotatable bonds is 2. The number of aromatic nitrogens is 2. The van der Waals surface area contributed by atoms with E-state index in [9.17, 15) is 19.8 Å². The molecule has 8 nitrogen and oxygen atoms in total. The lowest BCUT2D eigenvalue weighted by atomic mass is 10.1. The summed E-state index contributed by atoms with van der Waals surface area (Å²) in [5.74, 6) is -0.552. The molecule has 2 atom stereocenters. The van der Waals surface area contributed by atoms with Crippen molar-refractivity contribution in [2.75, 3.05) is 26.2 Å². The number of aliphatic hydroxyl groups is 1. The molecule has 8 heteroatoms. The van der Waals surface area contributed by atoms with Gasteiger partial charge in [-0.1, -0.05) is 6.42 Å². The molecule has 0 spiro atoms. The summed E-state index contributed by atoms with van der Waals surface area (Å²) in [5, 5.41) is 20.2. The van der Waals surface area contributed by atoms with Gasteiger partial charge in [-0.25, -0.2) is 4.98 Å². The van der Waals surface area contributed by atoms with Crippen LogP contribution in [0.4, 0.5) is 0 Å². The van der Waals surface area contributed by atoms with Gasteiger partial charge in [0, 0.05) is 25.5 Å². The van der Waals surface area contributed by atoms with Crippen LogP contribution in [0.1, 0.15) is 29.6 Å². The molecular formula is C18H22N4O4. The number of pyridine rings is 1. The molecule has 2 aromatic rings. The first-order valence-corrected chi connectivity index (χ1v) is 8.97. The second-order valence-electron chi connectivity index (χ2n) is 7.01. The predicted molar refractivity (Wildman–Crippen MR) is 94.2 cm³/mol. The third-order valence-corrected chi connectivity index (χ3v) is 5.35. The van der Waals surface area contributed by atoms with E-state index < -0.39 is 17.6 Å². The number of piperidine rings is 1. The van der Waals surface area contributed by atoms with Gasteiger partial charge in [-0.15, -0.1) is 0 Å². The van der Waals surface area contributed by atoms with Gasteiger partial charge in [0.1, 0.15) is 5.56 Å². The Morgan fingerprint density at radius 1 is 1.19 bits per heavy atom. The van der Waals surface area contributed by atoms with Gasteiger partial charge in [0.05, 0.1) is 12.1 Å². The summed E-state index contributed by atoms with van der Waals surface area (Å²) < 4.78 is 1.16. The third kappa shape index (κ3) is 2.85. The molecule has 4 rings (SSSR count). The van der Waals surface area contributed by atoms with Crippen LogP contribution in [0, 0.1) is 0 Å². The molecule has 2 fully saturated rings. The van der Waals surface area contributed by atoms with Gasteiger partial charge in [0.25, 0.3) is 11.5 Å². The lowest BCUT2D eigenvalue weighted by Crippen LogP contribution is -2.46. The van der Waals surface area contributed by atoms with Gasteiger partial charge in [-0.2, -0.15) is 0 Å². The fourth-order valence-electron chi connectivity index (χ4n) is 3.95. The van der Waals surface area contributed by atoms with Crippen LogP contribution in [-0.2, 0) is 0 Å². The van der Waals surface area contributed by atoms with Crippen LogP contribution in [-0.4, -0.2) is 73.6 Å². The van der Waals surface area contributed by atoms with Gasteiger partial charge < -0.3 is 15.1 Å². The van der Waals surface area contributed by atoms with Crippen LogP contribution in [0.3, 0.4) is 0 Å². The zero-order chi connectivity index (χ0) is 18.3. The second kappa shape index (κ2) is 6.69. The van der Waals surface area contributed by atoms with E-state index in [-0.39, 0.29) is 29.5 Å². The maximum absolute atomic E-state index is 12.9. The smallest absolute Gasteiger partial charge is 0.270 e. The van der Waals surface area contributed by atoms with Gasteiger partial charge in [-0.05, 0) is 38.1 Å². The van der Waals surface area contributed by atoms with Gasteiger partial charge >= 0.3 is 0 Å². The van der Waals surface area contributed by atoms with Crippen molar-refractivity contribution >= 4 is 11.6 Å². The number of hydrogen-bond acceptors (Lipinski definition) is 6. The molecular weight excluding hydrogens is 336 g/mol. The molecule has 4 heterocycles. The molecule has 2 saturated heterocycles. The van der Waals surface area contributed by atoms with E-state index in [4.69, 9.17) is 0 Å². The molecule has 26 heavy (non-hydrogen) atoms. The lowest BCUT2D eigenvalue weighted by Gasteiger charge is -2.33. The highest BCUT2D eigenvalue weighted by molar-refractivity contribution is 5.94. The van der Waals surface area contributed by atoms with Gasteiger partial charge in [-0.3, -0.25) is 18.9 Å². The molecule has 0 aromatic carbocycles. The Balaban J connectivity index is 1.59. The van der Waals surface area contributed by atoms with Crippen LogP contribution in [0.2, 0.25) is 0 Å².